The quantitative estimate of drug-likeness (QED) is 0.106. The lowest BCUT2D eigenvalue weighted by Gasteiger charge is -2.42. The van der Waals surface area contributed by atoms with Gasteiger partial charge in [0.05, 0.1) is 0 Å². The number of nitrogens with zero attached hydrogens (tertiary/aromatic N) is 6. The summed E-state index contributed by atoms with van der Waals surface area (Å²) in [5.41, 5.74) is 35.4. The lowest BCUT2D eigenvalue weighted by molar-refractivity contribution is 0.0927. The van der Waals surface area contributed by atoms with Crippen LogP contribution in [0, 0.1) is 0 Å². The standard InChI is InChI=1S/C11H25N3.4C10H23N3.C9H21N3/c1-4-5-11(12)8-14-7-9(2)13-6-10(14)3;1-8-6-13(7-10(3,4)11)9(2)5-12-8;1-7-6-13(8(2)5-12-7)10(4)9(3)11;1-8(11)4-5-13-7-9(2)12-6-10(13)3;1-4-10(11)7-13-6-8(2)12-5-9(13)3;1-7(10)5-12-6-8(2)11-4-9(12)3/h9-11,13H,4-8,12H2,1-3H3;8-9,12H,5-7,11H2,1-4H3;7-10,12H,5-6,11H2,1-4H3;2*8-10,12H,4-7,11H2,1-3H3;7-9,11H,4-6,10H2,1-3H3. The van der Waals surface area contributed by atoms with Crippen LogP contribution in [-0.4, -0.2) is 255 Å². The number of hydrogen-bond donors (Lipinski definition) is 12. The van der Waals surface area contributed by atoms with E-state index in [1.165, 1.54) is 6.42 Å². The highest BCUT2D eigenvalue weighted by Crippen LogP contribution is 2.15. The largest absolute Gasteiger partial charge is 0.328 e. The highest BCUT2D eigenvalue weighted by atomic mass is 15.3. The first-order chi connectivity index (χ1) is 36.3. The molecule has 6 fully saturated rings. The van der Waals surface area contributed by atoms with Gasteiger partial charge in [0.25, 0.3) is 0 Å². The Morgan fingerprint density at radius 3 is 1.12 bits per heavy atom. The van der Waals surface area contributed by atoms with Gasteiger partial charge in [0, 0.05) is 219 Å². The van der Waals surface area contributed by atoms with Crippen LogP contribution in [0.5, 0.6) is 0 Å². The van der Waals surface area contributed by atoms with Crippen molar-refractivity contribution < 1.29 is 0 Å². The van der Waals surface area contributed by atoms with E-state index < -0.39 is 0 Å². The third-order valence-corrected chi connectivity index (χ3v) is 16.7. The number of nitrogens with two attached hydrogens (primary N) is 6. The molecule has 0 saturated carbocycles. The van der Waals surface area contributed by atoms with E-state index in [0.29, 0.717) is 96.7 Å². The van der Waals surface area contributed by atoms with Crippen molar-refractivity contribution in [1.82, 2.24) is 61.3 Å². The van der Waals surface area contributed by atoms with Crippen molar-refractivity contribution in [1.29, 1.82) is 0 Å². The first kappa shape index (κ1) is 75.3. The Balaban J connectivity index is 0.000000468. The number of nitrogens with one attached hydrogen (secondary N) is 6. The van der Waals surface area contributed by atoms with Crippen molar-refractivity contribution in [2.45, 2.75) is 278 Å². The van der Waals surface area contributed by atoms with E-state index in [0.717, 1.165) is 131 Å². The Bertz CT molecular complexity index is 1450. The molecule has 0 amide bonds. The maximum absolute atomic E-state index is 6.06. The van der Waals surface area contributed by atoms with Crippen LogP contribution in [0.2, 0.25) is 0 Å². The van der Waals surface area contributed by atoms with E-state index in [1.807, 2.05) is 0 Å². The summed E-state index contributed by atoms with van der Waals surface area (Å²) in [6.45, 7) is 62.6. The molecule has 18 unspecified atom stereocenters. The molecule has 6 aliphatic heterocycles. The van der Waals surface area contributed by atoms with Gasteiger partial charge >= 0.3 is 0 Å². The lowest BCUT2D eigenvalue weighted by Crippen LogP contribution is -2.60. The average molecular weight is 1110 g/mol. The molecule has 0 aromatic rings. The molecular formula is C60H138N18. The molecule has 18 heteroatoms. The molecule has 0 radical (unpaired) electrons. The van der Waals surface area contributed by atoms with Gasteiger partial charge in [-0.25, -0.2) is 0 Å². The summed E-state index contributed by atoms with van der Waals surface area (Å²) in [4.78, 5) is 15.0. The van der Waals surface area contributed by atoms with Gasteiger partial charge in [-0.2, -0.15) is 0 Å². The fourth-order valence-corrected chi connectivity index (χ4v) is 11.2. The van der Waals surface area contributed by atoms with Gasteiger partial charge in [0.1, 0.15) is 0 Å². The molecule has 0 aromatic carbocycles. The van der Waals surface area contributed by atoms with Gasteiger partial charge in [0.15, 0.2) is 0 Å². The second-order valence-corrected chi connectivity index (χ2v) is 27.0. The summed E-state index contributed by atoms with van der Waals surface area (Å²) >= 11 is 0. The zero-order chi connectivity index (χ0) is 59.4. The predicted molar refractivity (Wildman–Crippen MR) is 341 cm³/mol. The van der Waals surface area contributed by atoms with Crippen molar-refractivity contribution in [3.8, 4) is 0 Å². The molecule has 18 N–H and O–H groups in total. The Morgan fingerprint density at radius 2 is 0.756 bits per heavy atom. The molecule has 0 aromatic heterocycles. The minimum absolute atomic E-state index is 0.0781. The van der Waals surface area contributed by atoms with Crippen LogP contribution in [0.3, 0.4) is 0 Å². The first-order valence-corrected chi connectivity index (χ1v) is 31.8. The van der Waals surface area contributed by atoms with Crippen molar-refractivity contribution in [2.24, 2.45) is 34.4 Å². The molecule has 6 rings (SSSR count). The Labute approximate surface area is 483 Å². The lowest BCUT2D eigenvalue weighted by atomic mass is 10.0. The predicted octanol–water partition coefficient (Wildman–Crippen LogP) is 2.43. The topological polar surface area (TPSA) is 248 Å². The first-order valence-electron chi connectivity index (χ1n) is 31.8. The van der Waals surface area contributed by atoms with Gasteiger partial charge in [-0.3, -0.25) is 29.4 Å². The Hall–Kier alpha value is -0.720. The fraction of sp³-hybridized carbons (Fsp3) is 1.00. The van der Waals surface area contributed by atoms with Gasteiger partial charge < -0.3 is 66.3 Å². The van der Waals surface area contributed by atoms with Crippen LogP contribution < -0.4 is 66.3 Å². The Morgan fingerprint density at radius 1 is 0.423 bits per heavy atom. The van der Waals surface area contributed by atoms with Crippen LogP contribution in [-0.2, 0) is 0 Å². The van der Waals surface area contributed by atoms with Gasteiger partial charge in [-0.1, -0.05) is 20.3 Å². The summed E-state index contributed by atoms with van der Waals surface area (Å²) in [6.07, 6.45) is 4.52. The minimum Gasteiger partial charge on any atom is -0.328 e. The minimum atomic E-state index is -0.0781. The highest BCUT2D eigenvalue weighted by molar-refractivity contribution is 4.90. The van der Waals surface area contributed by atoms with Gasteiger partial charge in [-0.15, -0.1) is 0 Å². The van der Waals surface area contributed by atoms with Crippen LogP contribution in [0.25, 0.3) is 0 Å². The van der Waals surface area contributed by atoms with Crippen molar-refractivity contribution in [3.05, 3.63) is 0 Å². The van der Waals surface area contributed by atoms with Crippen LogP contribution in [0.1, 0.15) is 164 Å². The number of hydrogen-bond acceptors (Lipinski definition) is 18. The van der Waals surface area contributed by atoms with Crippen LogP contribution >= 0.6 is 0 Å². The van der Waals surface area contributed by atoms with Crippen molar-refractivity contribution in [3.63, 3.8) is 0 Å². The van der Waals surface area contributed by atoms with E-state index in [-0.39, 0.29) is 17.6 Å². The molecule has 6 saturated heterocycles. The summed E-state index contributed by atoms with van der Waals surface area (Å²) in [5, 5.41) is 20.8. The molecule has 6 aliphatic rings. The molecule has 0 spiro atoms. The van der Waals surface area contributed by atoms with Crippen molar-refractivity contribution in [2.75, 3.05) is 111 Å². The summed E-state index contributed by atoms with van der Waals surface area (Å²) < 4.78 is 0. The van der Waals surface area contributed by atoms with E-state index in [4.69, 9.17) is 34.4 Å². The zero-order valence-electron chi connectivity index (χ0n) is 54.9. The average Bonchev–Trinajstić information content (AvgIpc) is 3.35. The molecule has 468 valence electrons. The second-order valence-electron chi connectivity index (χ2n) is 27.0. The maximum Gasteiger partial charge on any atom is 0.0226 e. The highest BCUT2D eigenvalue weighted by Gasteiger charge is 2.30. The van der Waals surface area contributed by atoms with Gasteiger partial charge in [-0.05, 0) is 150 Å². The fourth-order valence-electron chi connectivity index (χ4n) is 11.2. The second kappa shape index (κ2) is 39.8. The van der Waals surface area contributed by atoms with E-state index >= 15 is 0 Å². The summed E-state index contributed by atoms with van der Waals surface area (Å²) in [5.74, 6) is 0. The van der Waals surface area contributed by atoms with Crippen LogP contribution in [0.15, 0.2) is 0 Å². The molecule has 78 heavy (non-hydrogen) atoms. The third kappa shape index (κ3) is 32.9. The summed E-state index contributed by atoms with van der Waals surface area (Å²) in [7, 11) is 0. The normalized spacial score (nSPS) is 33.5. The molecule has 18 nitrogen and oxygen atoms in total. The zero-order valence-corrected chi connectivity index (χ0v) is 54.9. The van der Waals surface area contributed by atoms with Gasteiger partial charge in [0.2, 0.25) is 0 Å². The number of piperazine rings is 6. The van der Waals surface area contributed by atoms with E-state index in [9.17, 15) is 0 Å². The van der Waals surface area contributed by atoms with E-state index in [1.54, 1.807) is 0 Å². The SMILES string of the molecule is CC(N)CCN1CC(C)NCC1C.CC(N)CN1CC(C)NCC1C.CC1CN(C(C)C(C)N)C(C)CN1.CC1CN(CC(C)(C)N)C(C)CN1.CCC(N)CN1CC(C)NCC1C.CCCC(N)CN1CC(C)NCC1C. The Kier molecular flexibility index (Phi) is 38.4. The third-order valence-electron chi connectivity index (χ3n) is 16.7. The van der Waals surface area contributed by atoms with E-state index in [2.05, 4.69) is 200 Å². The van der Waals surface area contributed by atoms with Crippen molar-refractivity contribution >= 4 is 0 Å². The smallest absolute Gasteiger partial charge is 0.0226 e. The molecular weight excluding hydrogens is 973 g/mol. The molecule has 6 heterocycles. The molecule has 18 atom stereocenters. The monoisotopic (exact) mass is 1110 g/mol. The van der Waals surface area contributed by atoms with Crippen LogP contribution in [0.4, 0.5) is 0 Å². The molecule has 0 bridgehead atoms. The maximum atomic E-state index is 6.06. The number of rotatable bonds is 16. The molecule has 0 aliphatic carbocycles. The summed E-state index contributed by atoms with van der Waals surface area (Å²) in [6, 6.07) is 9.49.